The summed E-state index contributed by atoms with van der Waals surface area (Å²) in [5.41, 5.74) is 0. The van der Waals surface area contributed by atoms with Gasteiger partial charge < -0.3 is 5.11 Å². The molecule has 1 fully saturated rings. The van der Waals surface area contributed by atoms with E-state index in [9.17, 15) is 8.42 Å². The van der Waals surface area contributed by atoms with E-state index < -0.39 is 10.0 Å². The van der Waals surface area contributed by atoms with Crippen LogP contribution >= 0.6 is 22.6 Å². The fourth-order valence-electron chi connectivity index (χ4n) is 2.19. The SMILES string of the molecule is O=S(=O)(c1ccc(I)cc1)N1CCC(CCO)C1. The molecule has 1 aliphatic heterocycles. The van der Waals surface area contributed by atoms with Crippen molar-refractivity contribution >= 4 is 32.6 Å². The van der Waals surface area contributed by atoms with Gasteiger partial charge in [0.15, 0.2) is 0 Å². The van der Waals surface area contributed by atoms with E-state index in [1.807, 2.05) is 0 Å². The maximum atomic E-state index is 12.4. The molecule has 1 aromatic carbocycles. The van der Waals surface area contributed by atoms with E-state index in [0.29, 0.717) is 24.4 Å². The summed E-state index contributed by atoms with van der Waals surface area (Å²) in [6.45, 7) is 1.20. The highest BCUT2D eigenvalue weighted by Gasteiger charge is 2.31. The van der Waals surface area contributed by atoms with E-state index in [1.165, 1.54) is 4.31 Å². The lowest BCUT2D eigenvalue weighted by molar-refractivity contribution is 0.259. The number of nitrogens with zero attached hydrogens (tertiary/aromatic N) is 1. The third kappa shape index (κ3) is 3.04. The van der Waals surface area contributed by atoms with Crippen molar-refractivity contribution in [3.63, 3.8) is 0 Å². The molecule has 1 saturated heterocycles. The number of benzene rings is 1. The lowest BCUT2D eigenvalue weighted by Gasteiger charge is -2.16. The summed E-state index contributed by atoms with van der Waals surface area (Å²) in [5, 5.41) is 8.89. The van der Waals surface area contributed by atoms with Crippen LogP contribution in [-0.2, 0) is 10.0 Å². The standard InChI is InChI=1S/C12H16INO3S/c13-11-1-3-12(4-2-11)18(16,17)14-7-5-10(9-14)6-8-15/h1-4,10,15H,5-9H2. The molecule has 6 heteroatoms. The molecule has 0 amide bonds. The first-order valence-electron chi connectivity index (χ1n) is 5.90. The maximum absolute atomic E-state index is 12.4. The van der Waals surface area contributed by atoms with Crippen LogP contribution in [0.3, 0.4) is 0 Å². The highest BCUT2D eigenvalue weighted by Crippen LogP contribution is 2.26. The monoisotopic (exact) mass is 381 g/mol. The average Bonchev–Trinajstić information content (AvgIpc) is 2.79. The summed E-state index contributed by atoms with van der Waals surface area (Å²) in [6, 6.07) is 6.90. The van der Waals surface area contributed by atoms with E-state index in [2.05, 4.69) is 22.6 Å². The van der Waals surface area contributed by atoms with E-state index >= 15 is 0 Å². The number of hydrogen-bond acceptors (Lipinski definition) is 3. The number of aliphatic hydroxyl groups is 1. The zero-order valence-corrected chi connectivity index (χ0v) is 12.9. The molecule has 4 nitrogen and oxygen atoms in total. The Morgan fingerprint density at radius 2 is 2.00 bits per heavy atom. The average molecular weight is 381 g/mol. The van der Waals surface area contributed by atoms with Crippen LogP contribution < -0.4 is 0 Å². The van der Waals surface area contributed by atoms with E-state index in [1.54, 1.807) is 24.3 Å². The lowest BCUT2D eigenvalue weighted by Crippen LogP contribution is -2.29. The van der Waals surface area contributed by atoms with E-state index in [4.69, 9.17) is 5.11 Å². The molecule has 0 spiro atoms. The summed E-state index contributed by atoms with van der Waals surface area (Å²) < 4.78 is 27.3. The molecule has 0 bridgehead atoms. The molecule has 1 heterocycles. The third-order valence-corrected chi connectivity index (χ3v) is 5.84. The Bertz CT molecular complexity index is 501. The topological polar surface area (TPSA) is 57.6 Å². The van der Waals surface area contributed by atoms with Gasteiger partial charge in [0, 0.05) is 23.3 Å². The van der Waals surface area contributed by atoms with Crippen LogP contribution in [0, 0.1) is 9.49 Å². The Balaban J connectivity index is 2.15. The van der Waals surface area contributed by atoms with Crippen molar-refractivity contribution in [1.29, 1.82) is 0 Å². The van der Waals surface area contributed by atoms with Gasteiger partial charge in [-0.25, -0.2) is 8.42 Å². The summed E-state index contributed by atoms with van der Waals surface area (Å²) in [4.78, 5) is 0.354. The molecule has 0 radical (unpaired) electrons. The molecule has 100 valence electrons. The van der Waals surface area contributed by atoms with Crippen LogP contribution in [0.5, 0.6) is 0 Å². The van der Waals surface area contributed by atoms with Crippen LogP contribution in [0.15, 0.2) is 29.2 Å². The van der Waals surface area contributed by atoms with Gasteiger partial charge in [-0.2, -0.15) is 4.31 Å². The molecule has 18 heavy (non-hydrogen) atoms. The molecule has 1 aromatic rings. The molecule has 0 aliphatic carbocycles. The van der Waals surface area contributed by atoms with Crippen molar-refractivity contribution in [3.05, 3.63) is 27.8 Å². The molecule has 1 atom stereocenters. The Kier molecular flexibility index (Phi) is 4.63. The number of rotatable bonds is 4. The van der Waals surface area contributed by atoms with Crippen molar-refractivity contribution < 1.29 is 13.5 Å². The molecule has 1 N–H and O–H groups in total. The predicted molar refractivity (Wildman–Crippen MR) is 77.7 cm³/mol. The van der Waals surface area contributed by atoms with E-state index in [0.717, 1.165) is 9.99 Å². The lowest BCUT2D eigenvalue weighted by atomic mass is 10.1. The Morgan fingerprint density at radius 1 is 1.33 bits per heavy atom. The van der Waals surface area contributed by atoms with Gasteiger partial charge in [0.05, 0.1) is 4.90 Å². The van der Waals surface area contributed by atoms with Crippen molar-refractivity contribution in [3.8, 4) is 0 Å². The van der Waals surface area contributed by atoms with Gasteiger partial charge in [0.1, 0.15) is 0 Å². The molecule has 0 aromatic heterocycles. The zero-order valence-electron chi connectivity index (χ0n) is 9.92. The Morgan fingerprint density at radius 3 is 2.61 bits per heavy atom. The fraction of sp³-hybridized carbons (Fsp3) is 0.500. The van der Waals surface area contributed by atoms with Crippen molar-refractivity contribution in [2.24, 2.45) is 5.92 Å². The van der Waals surface area contributed by atoms with Crippen LogP contribution in [0.1, 0.15) is 12.8 Å². The molecule has 1 unspecified atom stereocenters. The van der Waals surface area contributed by atoms with Gasteiger partial charge in [0.25, 0.3) is 0 Å². The van der Waals surface area contributed by atoms with Gasteiger partial charge in [0.2, 0.25) is 10.0 Å². The summed E-state index contributed by atoms with van der Waals surface area (Å²) >= 11 is 2.15. The summed E-state index contributed by atoms with van der Waals surface area (Å²) in [5.74, 6) is 0.286. The first kappa shape index (κ1) is 14.2. The minimum Gasteiger partial charge on any atom is -0.396 e. The predicted octanol–water partition coefficient (Wildman–Crippen LogP) is 1.68. The second kappa shape index (κ2) is 5.85. The molecule has 1 aliphatic rings. The summed E-state index contributed by atoms with van der Waals surface area (Å²) in [7, 11) is -3.36. The number of sulfonamides is 1. The van der Waals surface area contributed by atoms with Crippen molar-refractivity contribution in [1.82, 2.24) is 4.31 Å². The highest BCUT2D eigenvalue weighted by molar-refractivity contribution is 14.1. The van der Waals surface area contributed by atoms with Crippen LogP contribution in [0.2, 0.25) is 0 Å². The van der Waals surface area contributed by atoms with E-state index in [-0.39, 0.29) is 12.5 Å². The van der Waals surface area contributed by atoms with Gasteiger partial charge in [-0.3, -0.25) is 0 Å². The molecular weight excluding hydrogens is 365 g/mol. The fourth-order valence-corrected chi connectivity index (χ4v) is 4.08. The molecular formula is C12H16INO3S. The number of hydrogen-bond donors (Lipinski definition) is 1. The largest absolute Gasteiger partial charge is 0.396 e. The smallest absolute Gasteiger partial charge is 0.243 e. The maximum Gasteiger partial charge on any atom is 0.243 e. The van der Waals surface area contributed by atoms with Crippen LogP contribution in [0.25, 0.3) is 0 Å². The summed E-state index contributed by atoms with van der Waals surface area (Å²) in [6.07, 6.45) is 1.52. The normalized spacial score (nSPS) is 21.3. The van der Waals surface area contributed by atoms with Gasteiger partial charge in [-0.05, 0) is 65.6 Å². The van der Waals surface area contributed by atoms with Gasteiger partial charge >= 0.3 is 0 Å². The number of aliphatic hydroxyl groups excluding tert-OH is 1. The number of halogens is 1. The van der Waals surface area contributed by atoms with Gasteiger partial charge in [-0.1, -0.05) is 0 Å². The Labute approximate surface area is 121 Å². The first-order valence-corrected chi connectivity index (χ1v) is 8.42. The quantitative estimate of drug-likeness (QED) is 0.808. The van der Waals surface area contributed by atoms with Crippen molar-refractivity contribution in [2.75, 3.05) is 19.7 Å². The second-order valence-electron chi connectivity index (χ2n) is 4.48. The third-order valence-electron chi connectivity index (χ3n) is 3.24. The molecule has 0 saturated carbocycles. The zero-order chi connectivity index (χ0) is 13.2. The highest BCUT2D eigenvalue weighted by atomic mass is 127. The van der Waals surface area contributed by atoms with Gasteiger partial charge in [-0.15, -0.1) is 0 Å². The van der Waals surface area contributed by atoms with Crippen molar-refractivity contribution in [2.45, 2.75) is 17.7 Å². The van der Waals surface area contributed by atoms with Crippen LogP contribution in [0.4, 0.5) is 0 Å². The minimum absolute atomic E-state index is 0.127. The Hall–Kier alpha value is -0.180. The minimum atomic E-state index is -3.36. The second-order valence-corrected chi connectivity index (χ2v) is 7.67. The van der Waals surface area contributed by atoms with Crippen LogP contribution in [-0.4, -0.2) is 37.5 Å². The first-order chi connectivity index (χ1) is 8.54. The molecule has 2 rings (SSSR count).